The second-order valence-corrected chi connectivity index (χ2v) is 8.44. The molecular weight excluding hydrogens is 415 g/mol. The van der Waals surface area contributed by atoms with E-state index >= 15 is 4.39 Å². The van der Waals surface area contributed by atoms with E-state index < -0.39 is 0 Å². The molecule has 0 heterocycles. The van der Waals surface area contributed by atoms with Crippen LogP contribution in [0.25, 0.3) is 21.9 Å². The maximum Gasteiger partial charge on any atom is 0.138 e. The zero-order valence-corrected chi connectivity index (χ0v) is 19.7. The molecule has 4 rings (SSSR count). The lowest BCUT2D eigenvalue weighted by molar-refractivity contribution is 0.643. The van der Waals surface area contributed by atoms with Crippen LogP contribution in [0.4, 0.5) is 4.39 Å². The number of allylic oxidation sites excluding steroid dienone is 3. The van der Waals surface area contributed by atoms with Crippen molar-refractivity contribution in [2.24, 2.45) is 0 Å². The SMILES string of the molecule is C=CCCc1ccc(-c2ccc3cc(C#Cc4ccc(CC/C=C/C)cc4)ccc3c2F)cc1. The van der Waals surface area contributed by atoms with Crippen molar-refractivity contribution in [3.63, 3.8) is 0 Å². The summed E-state index contributed by atoms with van der Waals surface area (Å²) in [6.07, 6.45) is 10.2. The molecule has 0 N–H and O–H groups in total. The van der Waals surface area contributed by atoms with Crippen molar-refractivity contribution < 1.29 is 4.39 Å². The second kappa shape index (κ2) is 11.3. The van der Waals surface area contributed by atoms with E-state index in [1.165, 1.54) is 11.1 Å². The average molecular weight is 445 g/mol. The van der Waals surface area contributed by atoms with E-state index in [2.05, 4.69) is 67.0 Å². The zero-order valence-electron chi connectivity index (χ0n) is 19.7. The molecule has 0 spiro atoms. The summed E-state index contributed by atoms with van der Waals surface area (Å²) in [5, 5.41) is 1.47. The van der Waals surface area contributed by atoms with Gasteiger partial charge < -0.3 is 0 Å². The van der Waals surface area contributed by atoms with E-state index in [1.807, 2.05) is 55.5 Å². The lowest BCUT2D eigenvalue weighted by Gasteiger charge is -2.08. The van der Waals surface area contributed by atoms with Crippen LogP contribution >= 0.6 is 0 Å². The molecule has 34 heavy (non-hydrogen) atoms. The highest BCUT2D eigenvalue weighted by atomic mass is 19.1. The van der Waals surface area contributed by atoms with Crippen LogP contribution in [-0.2, 0) is 12.8 Å². The Balaban J connectivity index is 1.52. The third kappa shape index (κ3) is 5.72. The Morgan fingerprint density at radius 1 is 0.765 bits per heavy atom. The zero-order chi connectivity index (χ0) is 23.8. The molecule has 4 aromatic rings. The lowest BCUT2D eigenvalue weighted by Crippen LogP contribution is -1.89. The van der Waals surface area contributed by atoms with Gasteiger partial charge in [-0.05, 0) is 78.9 Å². The predicted molar refractivity (Wildman–Crippen MR) is 143 cm³/mol. The van der Waals surface area contributed by atoms with Crippen LogP contribution in [0.2, 0.25) is 0 Å². The largest absolute Gasteiger partial charge is 0.206 e. The Kier molecular flexibility index (Phi) is 7.74. The molecule has 0 bridgehead atoms. The molecule has 0 aliphatic rings. The molecule has 0 unspecified atom stereocenters. The van der Waals surface area contributed by atoms with Crippen molar-refractivity contribution in [3.8, 4) is 23.0 Å². The van der Waals surface area contributed by atoms with Gasteiger partial charge >= 0.3 is 0 Å². The fourth-order valence-electron chi connectivity index (χ4n) is 4.03. The van der Waals surface area contributed by atoms with Gasteiger partial charge in [0.25, 0.3) is 0 Å². The summed E-state index contributed by atoms with van der Waals surface area (Å²) in [6, 6.07) is 26.0. The molecule has 0 aromatic heterocycles. The van der Waals surface area contributed by atoms with Crippen molar-refractivity contribution in [1.29, 1.82) is 0 Å². The first-order chi connectivity index (χ1) is 16.7. The number of halogens is 1. The first-order valence-corrected chi connectivity index (χ1v) is 11.8. The number of rotatable bonds is 7. The van der Waals surface area contributed by atoms with E-state index in [4.69, 9.17) is 0 Å². The van der Waals surface area contributed by atoms with Crippen molar-refractivity contribution >= 4 is 10.8 Å². The molecule has 1 heteroatoms. The van der Waals surface area contributed by atoms with Crippen LogP contribution in [0.5, 0.6) is 0 Å². The molecular formula is C33H29F. The number of aryl methyl sites for hydroxylation is 2. The molecule has 0 saturated carbocycles. The van der Waals surface area contributed by atoms with Gasteiger partial charge in [-0.25, -0.2) is 4.39 Å². The Labute approximate surface area is 202 Å². The van der Waals surface area contributed by atoms with Crippen molar-refractivity contribution in [2.75, 3.05) is 0 Å². The first kappa shape index (κ1) is 23.3. The van der Waals surface area contributed by atoms with Crippen LogP contribution in [0.1, 0.15) is 42.0 Å². The second-order valence-electron chi connectivity index (χ2n) is 8.44. The van der Waals surface area contributed by atoms with Crippen LogP contribution in [0.3, 0.4) is 0 Å². The highest BCUT2D eigenvalue weighted by Crippen LogP contribution is 2.30. The Bertz CT molecular complexity index is 1360. The summed E-state index contributed by atoms with van der Waals surface area (Å²) in [5.74, 6) is 6.26. The number of hydrogen-bond acceptors (Lipinski definition) is 0. The van der Waals surface area contributed by atoms with Gasteiger partial charge in [-0.2, -0.15) is 0 Å². The third-order valence-electron chi connectivity index (χ3n) is 6.00. The van der Waals surface area contributed by atoms with Gasteiger partial charge in [0.15, 0.2) is 0 Å². The van der Waals surface area contributed by atoms with Crippen molar-refractivity contribution in [3.05, 3.63) is 132 Å². The van der Waals surface area contributed by atoms with E-state index in [1.54, 1.807) is 0 Å². The Morgan fingerprint density at radius 3 is 2.12 bits per heavy atom. The van der Waals surface area contributed by atoms with Gasteiger partial charge in [0.1, 0.15) is 5.82 Å². The minimum Gasteiger partial charge on any atom is -0.206 e. The Morgan fingerprint density at radius 2 is 1.41 bits per heavy atom. The smallest absolute Gasteiger partial charge is 0.138 e. The predicted octanol–water partition coefficient (Wildman–Crippen LogP) is 8.67. The quantitative estimate of drug-likeness (QED) is 0.198. The highest BCUT2D eigenvalue weighted by molar-refractivity contribution is 5.89. The molecule has 0 atom stereocenters. The molecule has 0 aliphatic carbocycles. The van der Waals surface area contributed by atoms with Crippen molar-refractivity contribution in [2.45, 2.75) is 32.6 Å². The fourth-order valence-corrected chi connectivity index (χ4v) is 4.03. The van der Waals surface area contributed by atoms with Crippen LogP contribution in [0, 0.1) is 17.7 Å². The van der Waals surface area contributed by atoms with Gasteiger partial charge in [-0.15, -0.1) is 6.58 Å². The molecule has 168 valence electrons. The van der Waals surface area contributed by atoms with Gasteiger partial charge in [0, 0.05) is 22.1 Å². The molecule has 0 radical (unpaired) electrons. The molecule has 0 amide bonds. The number of hydrogen-bond donors (Lipinski definition) is 0. The van der Waals surface area contributed by atoms with Gasteiger partial charge in [0.05, 0.1) is 0 Å². The van der Waals surface area contributed by atoms with Gasteiger partial charge in [-0.3, -0.25) is 0 Å². The van der Waals surface area contributed by atoms with Gasteiger partial charge in [-0.1, -0.05) is 84.7 Å². The third-order valence-corrected chi connectivity index (χ3v) is 6.00. The van der Waals surface area contributed by atoms with Crippen molar-refractivity contribution in [1.82, 2.24) is 0 Å². The monoisotopic (exact) mass is 444 g/mol. The molecule has 0 nitrogen and oxygen atoms in total. The van der Waals surface area contributed by atoms with Gasteiger partial charge in [0.2, 0.25) is 0 Å². The van der Waals surface area contributed by atoms with Crippen LogP contribution in [0.15, 0.2) is 104 Å². The maximum absolute atomic E-state index is 15.3. The average Bonchev–Trinajstić information content (AvgIpc) is 2.88. The molecule has 0 saturated heterocycles. The minimum atomic E-state index is -0.190. The first-order valence-electron chi connectivity index (χ1n) is 11.8. The van der Waals surface area contributed by atoms with Crippen LogP contribution < -0.4 is 0 Å². The summed E-state index contributed by atoms with van der Waals surface area (Å²) in [7, 11) is 0. The molecule has 4 aromatic carbocycles. The topological polar surface area (TPSA) is 0 Å². The fraction of sp³-hybridized carbons (Fsp3) is 0.152. The summed E-state index contributed by atoms with van der Waals surface area (Å²) >= 11 is 0. The Hall–Kier alpha value is -3.89. The number of benzene rings is 4. The number of fused-ring (bicyclic) bond motifs is 1. The molecule has 0 aliphatic heterocycles. The van der Waals surface area contributed by atoms with E-state index in [0.717, 1.165) is 47.8 Å². The minimum absolute atomic E-state index is 0.190. The van der Waals surface area contributed by atoms with E-state index in [9.17, 15) is 0 Å². The standard InChI is InChI=1S/C33H29F/c1-3-5-7-9-26-10-12-27(13-11-26)14-15-28-18-22-32-30(24-28)21-23-31(33(32)34)29-19-16-25(17-20-29)8-6-4-2/h3-5,10-13,16-24H,2,6-9H2,1H3/b5-3+. The highest BCUT2D eigenvalue weighted by Gasteiger charge is 2.10. The van der Waals surface area contributed by atoms with E-state index in [-0.39, 0.29) is 5.82 Å². The summed E-state index contributed by atoms with van der Waals surface area (Å²) < 4.78 is 15.3. The molecule has 0 fully saturated rings. The normalized spacial score (nSPS) is 10.9. The van der Waals surface area contributed by atoms with Crippen LogP contribution in [-0.4, -0.2) is 0 Å². The summed E-state index contributed by atoms with van der Waals surface area (Å²) in [6.45, 7) is 5.81. The maximum atomic E-state index is 15.3. The lowest BCUT2D eigenvalue weighted by atomic mass is 9.97. The summed E-state index contributed by atoms with van der Waals surface area (Å²) in [5.41, 5.74) is 5.91. The summed E-state index contributed by atoms with van der Waals surface area (Å²) in [4.78, 5) is 0. The van der Waals surface area contributed by atoms with E-state index in [0.29, 0.717) is 10.9 Å².